The number of hydrogen-bond donors (Lipinski definition) is 1. The van der Waals surface area contributed by atoms with E-state index >= 15 is 0 Å². The summed E-state index contributed by atoms with van der Waals surface area (Å²) >= 11 is 0. The molecule has 1 saturated heterocycles. The van der Waals surface area contributed by atoms with E-state index in [4.69, 9.17) is 4.74 Å². The van der Waals surface area contributed by atoms with Gasteiger partial charge in [-0.15, -0.1) is 5.10 Å². The minimum atomic E-state index is -0.00337. The number of rotatable bonds is 9. The lowest BCUT2D eigenvalue weighted by Gasteiger charge is -2.39. The van der Waals surface area contributed by atoms with Crippen LogP contribution in [0.15, 0.2) is 29.1 Å². The molecule has 1 aliphatic heterocycles. The number of aromatic nitrogens is 5. The summed E-state index contributed by atoms with van der Waals surface area (Å²) in [6, 6.07) is 8.86. The summed E-state index contributed by atoms with van der Waals surface area (Å²) in [7, 11) is 0. The predicted molar refractivity (Wildman–Crippen MR) is 136 cm³/mol. The molecule has 3 aromatic rings. The molecular formula is C27H38N6O2. The Bertz CT molecular complexity index is 1180. The lowest BCUT2D eigenvalue weighted by molar-refractivity contribution is 0.0734. The summed E-state index contributed by atoms with van der Waals surface area (Å²) in [5.41, 5.74) is 2.98. The van der Waals surface area contributed by atoms with Gasteiger partial charge < -0.3 is 9.72 Å². The predicted octanol–water partition coefficient (Wildman–Crippen LogP) is 4.54. The van der Waals surface area contributed by atoms with E-state index in [1.165, 1.54) is 24.8 Å². The van der Waals surface area contributed by atoms with Crippen molar-refractivity contribution in [1.29, 1.82) is 0 Å². The van der Waals surface area contributed by atoms with Gasteiger partial charge in [-0.2, -0.15) is 0 Å². The van der Waals surface area contributed by atoms with E-state index in [1.807, 2.05) is 10.7 Å². The number of aromatic amines is 1. The summed E-state index contributed by atoms with van der Waals surface area (Å²) in [6.07, 6.45) is 10.2. The topological polar surface area (TPSA) is 88.9 Å². The SMILES string of the molecule is CCc1ccc2[nH]c(=O)c(CN(C3CCCCC3)[C@H](CC)c3nnnn3C[C@@H]3CCCO3)cc2c1. The van der Waals surface area contributed by atoms with Crippen LogP contribution >= 0.6 is 0 Å². The largest absolute Gasteiger partial charge is 0.376 e. The van der Waals surface area contributed by atoms with Crippen LogP contribution in [0.25, 0.3) is 10.9 Å². The van der Waals surface area contributed by atoms with Gasteiger partial charge in [-0.1, -0.05) is 39.2 Å². The second kappa shape index (κ2) is 11.0. The molecule has 2 fully saturated rings. The number of fused-ring (bicyclic) bond motifs is 1. The molecule has 8 nitrogen and oxygen atoms in total. The van der Waals surface area contributed by atoms with Gasteiger partial charge in [0.2, 0.25) is 0 Å². The van der Waals surface area contributed by atoms with Crippen molar-refractivity contribution in [3.63, 3.8) is 0 Å². The normalized spacial score (nSPS) is 20.1. The monoisotopic (exact) mass is 478 g/mol. The molecule has 2 aliphatic rings. The Morgan fingerprint density at radius 3 is 2.74 bits per heavy atom. The van der Waals surface area contributed by atoms with Gasteiger partial charge in [0.25, 0.3) is 5.56 Å². The number of ether oxygens (including phenoxy) is 1. The van der Waals surface area contributed by atoms with Gasteiger partial charge in [0.05, 0.1) is 18.7 Å². The zero-order chi connectivity index (χ0) is 24.2. The van der Waals surface area contributed by atoms with Crippen molar-refractivity contribution in [2.75, 3.05) is 6.61 Å². The third-order valence-electron chi connectivity index (χ3n) is 7.84. The molecule has 8 heteroatoms. The Morgan fingerprint density at radius 2 is 2.00 bits per heavy atom. The smallest absolute Gasteiger partial charge is 0.252 e. The molecule has 1 aliphatic carbocycles. The van der Waals surface area contributed by atoms with E-state index in [0.717, 1.165) is 67.4 Å². The molecule has 1 N–H and O–H groups in total. The third kappa shape index (κ3) is 5.33. The van der Waals surface area contributed by atoms with Crippen LogP contribution in [0, 0.1) is 0 Å². The molecule has 0 radical (unpaired) electrons. The van der Waals surface area contributed by atoms with Crippen LogP contribution in [-0.4, -0.2) is 48.8 Å². The molecular weight excluding hydrogens is 440 g/mol. The van der Waals surface area contributed by atoms with Crippen LogP contribution in [0.2, 0.25) is 0 Å². The molecule has 0 unspecified atom stereocenters. The van der Waals surface area contributed by atoms with E-state index in [-0.39, 0.29) is 17.7 Å². The average Bonchev–Trinajstić information content (AvgIpc) is 3.57. The molecule has 2 aromatic heterocycles. The number of nitrogens with zero attached hydrogens (tertiary/aromatic N) is 5. The number of nitrogens with one attached hydrogen (secondary N) is 1. The van der Waals surface area contributed by atoms with Crippen LogP contribution in [-0.2, 0) is 24.2 Å². The minimum absolute atomic E-state index is 0.00337. The van der Waals surface area contributed by atoms with Gasteiger partial charge in [-0.3, -0.25) is 9.69 Å². The van der Waals surface area contributed by atoms with Crippen LogP contribution in [0.1, 0.15) is 88.2 Å². The summed E-state index contributed by atoms with van der Waals surface area (Å²) in [5.74, 6) is 0.888. The number of H-pyrrole nitrogens is 1. The molecule has 188 valence electrons. The molecule has 1 aromatic carbocycles. The van der Waals surface area contributed by atoms with Crippen molar-refractivity contribution in [3.8, 4) is 0 Å². The average molecular weight is 479 g/mol. The van der Waals surface area contributed by atoms with Crippen LogP contribution in [0.3, 0.4) is 0 Å². The highest BCUT2D eigenvalue weighted by Crippen LogP contribution is 2.33. The number of tetrazole rings is 1. The number of pyridine rings is 1. The third-order valence-corrected chi connectivity index (χ3v) is 7.84. The fourth-order valence-corrected chi connectivity index (χ4v) is 5.87. The molecule has 1 saturated carbocycles. The first-order chi connectivity index (χ1) is 17.2. The van der Waals surface area contributed by atoms with Gasteiger partial charge in [0.1, 0.15) is 0 Å². The minimum Gasteiger partial charge on any atom is -0.376 e. The van der Waals surface area contributed by atoms with Gasteiger partial charge in [0, 0.05) is 30.3 Å². The second-order valence-electron chi connectivity index (χ2n) is 10.1. The Kier molecular flexibility index (Phi) is 7.58. The first-order valence-electron chi connectivity index (χ1n) is 13.4. The second-order valence-corrected chi connectivity index (χ2v) is 10.1. The Labute approximate surface area is 207 Å². The summed E-state index contributed by atoms with van der Waals surface area (Å²) < 4.78 is 7.81. The highest BCUT2D eigenvalue weighted by atomic mass is 16.5. The van der Waals surface area contributed by atoms with Crippen molar-refractivity contribution >= 4 is 10.9 Å². The van der Waals surface area contributed by atoms with E-state index in [2.05, 4.69) is 57.5 Å². The van der Waals surface area contributed by atoms with Crippen LogP contribution in [0.5, 0.6) is 0 Å². The molecule has 35 heavy (non-hydrogen) atoms. The maximum atomic E-state index is 13.2. The molecule has 5 rings (SSSR count). The van der Waals surface area contributed by atoms with E-state index in [1.54, 1.807) is 0 Å². The molecule has 0 amide bonds. The number of aryl methyl sites for hydroxylation is 1. The fourth-order valence-electron chi connectivity index (χ4n) is 5.87. The van der Waals surface area contributed by atoms with Gasteiger partial charge in [-0.25, -0.2) is 4.68 Å². The Balaban J connectivity index is 1.48. The van der Waals surface area contributed by atoms with Gasteiger partial charge >= 0.3 is 0 Å². The highest BCUT2D eigenvalue weighted by Gasteiger charge is 2.32. The molecule has 0 spiro atoms. The van der Waals surface area contributed by atoms with Crippen molar-refractivity contribution in [1.82, 2.24) is 30.1 Å². The zero-order valence-electron chi connectivity index (χ0n) is 21.1. The lowest BCUT2D eigenvalue weighted by Crippen LogP contribution is -2.41. The standard InChI is InChI=1S/C27H38N6O2/c1-3-19-12-13-24-20(15-19)16-21(27(34)28-24)17-32(22-9-6-5-7-10-22)25(4-2)26-29-30-31-33(26)18-23-11-8-14-35-23/h12-13,15-16,22-23,25H,3-11,14,17-18H2,1-2H3,(H,28,34)/t23-,25+/m0/s1. The van der Waals surface area contributed by atoms with E-state index in [0.29, 0.717) is 19.1 Å². The number of hydrogen-bond acceptors (Lipinski definition) is 6. The molecule has 2 atom stereocenters. The van der Waals surface area contributed by atoms with Crippen molar-refractivity contribution in [2.24, 2.45) is 0 Å². The summed E-state index contributed by atoms with van der Waals surface area (Å²) in [5, 5.41) is 14.0. The first-order valence-corrected chi connectivity index (χ1v) is 13.4. The molecule has 0 bridgehead atoms. The first kappa shape index (κ1) is 24.1. The van der Waals surface area contributed by atoms with Gasteiger partial charge in [0.15, 0.2) is 5.82 Å². The van der Waals surface area contributed by atoms with Crippen molar-refractivity contribution in [2.45, 2.75) is 103 Å². The maximum absolute atomic E-state index is 13.2. The summed E-state index contributed by atoms with van der Waals surface area (Å²) in [4.78, 5) is 18.8. The Morgan fingerprint density at radius 1 is 1.14 bits per heavy atom. The highest BCUT2D eigenvalue weighted by molar-refractivity contribution is 5.79. The molecule has 3 heterocycles. The van der Waals surface area contributed by atoms with Crippen LogP contribution in [0.4, 0.5) is 0 Å². The quantitative estimate of drug-likeness (QED) is 0.486. The van der Waals surface area contributed by atoms with Gasteiger partial charge in [-0.05, 0) is 78.1 Å². The Hall–Kier alpha value is -2.58. The van der Waals surface area contributed by atoms with E-state index < -0.39 is 0 Å². The maximum Gasteiger partial charge on any atom is 0.252 e. The van der Waals surface area contributed by atoms with Crippen molar-refractivity contribution < 1.29 is 4.74 Å². The lowest BCUT2D eigenvalue weighted by atomic mass is 9.92. The number of benzene rings is 1. The summed E-state index contributed by atoms with van der Waals surface area (Å²) in [6.45, 7) is 6.46. The zero-order valence-corrected chi connectivity index (χ0v) is 21.1. The van der Waals surface area contributed by atoms with E-state index in [9.17, 15) is 4.79 Å². The van der Waals surface area contributed by atoms with Crippen molar-refractivity contribution in [3.05, 3.63) is 51.6 Å². The van der Waals surface area contributed by atoms with Crippen LogP contribution < -0.4 is 5.56 Å². The fraction of sp³-hybridized carbons (Fsp3) is 0.630.